The van der Waals surface area contributed by atoms with Crippen molar-refractivity contribution < 1.29 is 0 Å². The van der Waals surface area contributed by atoms with Gasteiger partial charge in [0.05, 0.1) is 22.2 Å². The number of hydrogen-bond acceptors (Lipinski definition) is 2. The zero-order valence-electron chi connectivity index (χ0n) is 27.6. The molecule has 0 N–H and O–H groups in total. The molecular weight excluding hydrogens is 597 g/mol. The Bertz CT molecular complexity index is 2360. The van der Waals surface area contributed by atoms with Crippen molar-refractivity contribution in [1.29, 1.82) is 0 Å². The lowest BCUT2D eigenvalue weighted by atomic mass is 9.95. The number of nitrogens with zero attached hydrogens (tertiary/aromatic N) is 4. The molecule has 0 bridgehead atoms. The summed E-state index contributed by atoms with van der Waals surface area (Å²) in [5.74, 6) is 0. The van der Waals surface area contributed by atoms with E-state index in [0.717, 1.165) is 40.8 Å². The summed E-state index contributed by atoms with van der Waals surface area (Å²) in [5, 5.41) is 3.94. The van der Waals surface area contributed by atoms with Gasteiger partial charge in [0, 0.05) is 56.5 Å². The van der Waals surface area contributed by atoms with Crippen molar-refractivity contribution >= 4 is 49.8 Å². The van der Waals surface area contributed by atoms with Gasteiger partial charge in [-0.3, -0.25) is 4.98 Å². The minimum Gasteiger partial charge on any atom is -0.313 e. The number of pyridine rings is 1. The van der Waals surface area contributed by atoms with Crippen molar-refractivity contribution in [3.63, 3.8) is 0 Å². The highest BCUT2D eigenvalue weighted by Gasteiger charge is 2.23. The lowest BCUT2D eigenvalue weighted by molar-refractivity contribution is 0.667. The minimum atomic E-state index is 0.995. The van der Waals surface area contributed by atoms with Crippen molar-refractivity contribution in [3.05, 3.63) is 156 Å². The number of aromatic nitrogens is 3. The smallest absolute Gasteiger partial charge is 0.0942 e. The fourth-order valence-corrected chi connectivity index (χ4v) is 8.78. The van der Waals surface area contributed by atoms with E-state index in [-0.39, 0.29) is 0 Å². The molecule has 0 saturated carbocycles. The van der Waals surface area contributed by atoms with Crippen LogP contribution in [0.3, 0.4) is 0 Å². The minimum absolute atomic E-state index is 0.995. The topological polar surface area (TPSA) is 26.0 Å². The van der Waals surface area contributed by atoms with E-state index in [1.54, 1.807) is 0 Å². The predicted molar refractivity (Wildman–Crippen MR) is 203 cm³/mol. The molecule has 0 radical (unpaired) electrons. The van der Waals surface area contributed by atoms with Crippen molar-refractivity contribution in [1.82, 2.24) is 14.1 Å². The van der Waals surface area contributed by atoms with Gasteiger partial charge in [-0.15, -0.1) is 0 Å². The molecule has 2 aliphatic carbocycles. The Morgan fingerprint density at radius 2 is 0.980 bits per heavy atom. The van der Waals surface area contributed by atoms with Crippen LogP contribution in [-0.2, 0) is 25.7 Å². The second-order valence-corrected chi connectivity index (χ2v) is 13.7. The summed E-state index contributed by atoms with van der Waals surface area (Å²) in [4.78, 5) is 7.25. The Balaban J connectivity index is 1.11. The van der Waals surface area contributed by atoms with Crippen molar-refractivity contribution in [2.24, 2.45) is 0 Å². The van der Waals surface area contributed by atoms with Crippen LogP contribution in [0.4, 0.5) is 17.1 Å². The fourth-order valence-electron chi connectivity index (χ4n) is 8.78. The molecule has 0 spiro atoms. The standard InChI is InChI=1S/C45H38N4/c1-5-17-40-36(13-1)37-14-2-6-18-41(37)48(40)34-26-22-32(23-27-34)47(44-21-9-11-31-12-10-30-46-45(31)44)33-24-28-35(29-25-33)49-42-19-7-3-15-38(42)39-16-4-8-20-43(39)49/h1,3,5,7,9-13,15,17,19,21-30H,2,4,6,8,14,16,18,20H2. The zero-order chi connectivity index (χ0) is 32.3. The molecule has 8 aromatic rings. The number of rotatable bonds is 5. The molecule has 10 rings (SSSR count). The number of aryl methyl sites for hydroxylation is 2. The van der Waals surface area contributed by atoms with Gasteiger partial charge >= 0.3 is 0 Å². The maximum atomic E-state index is 4.88. The van der Waals surface area contributed by atoms with Gasteiger partial charge in [-0.05, 0) is 135 Å². The Morgan fingerprint density at radius 3 is 1.55 bits per heavy atom. The van der Waals surface area contributed by atoms with E-state index in [9.17, 15) is 0 Å². The van der Waals surface area contributed by atoms with Crippen molar-refractivity contribution in [3.8, 4) is 11.4 Å². The molecule has 238 valence electrons. The van der Waals surface area contributed by atoms with Crippen LogP contribution in [0.2, 0.25) is 0 Å². The normalized spacial score (nSPS) is 14.3. The fraction of sp³-hybridized carbons (Fsp3) is 0.178. The average molecular weight is 635 g/mol. The van der Waals surface area contributed by atoms with Gasteiger partial charge in [-0.25, -0.2) is 0 Å². The van der Waals surface area contributed by atoms with E-state index in [0.29, 0.717) is 0 Å². The van der Waals surface area contributed by atoms with Gasteiger partial charge in [0.15, 0.2) is 0 Å². The first-order valence-electron chi connectivity index (χ1n) is 17.9. The van der Waals surface area contributed by atoms with Gasteiger partial charge in [0.2, 0.25) is 0 Å². The van der Waals surface area contributed by atoms with Crippen LogP contribution >= 0.6 is 0 Å². The first-order valence-corrected chi connectivity index (χ1v) is 17.9. The van der Waals surface area contributed by atoms with E-state index in [1.807, 2.05) is 12.3 Å². The average Bonchev–Trinajstić information content (AvgIpc) is 3.69. The molecule has 3 heterocycles. The number of benzene rings is 5. The zero-order valence-corrected chi connectivity index (χ0v) is 27.6. The molecule has 0 unspecified atom stereocenters. The summed E-state index contributed by atoms with van der Waals surface area (Å²) < 4.78 is 5.02. The highest BCUT2D eigenvalue weighted by molar-refractivity contribution is 5.96. The maximum absolute atomic E-state index is 4.88. The van der Waals surface area contributed by atoms with Crippen molar-refractivity contribution in [2.75, 3.05) is 4.90 Å². The van der Waals surface area contributed by atoms with Crippen LogP contribution < -0.4 is 4.90 Å². The number of hydrogen-bond donors (Lipinski definition) is 0. The Hall–Kier alpha value is -5.61. The van der Waals surface area contributed by atoms with Gasteiger partial charge in [0.25, 0.3) is 0 Å². The number of fused-ring (bicyclic) bond motifs is 7. The van der Waals surface area contributed by atoms with E-state index < -0.39 is 0 Å². The Kier molecular flexibility index (Phi) is 6.68. The predicted octanol–water partition coefficient (Wildman–Crippen LogP) is 11.3. The molecule has 0 saturated heterocycles. The molecule has 49 heavy (non-hydrogen) atoms. The number of anilines is 3. The molecule has 4 heteroatoms. The molecule has 0 atom stereocenters. The number of para-hydroxylation sites is 3. The third-order valence-electron chi connectivity index (χ3n) is 10.9. The van der Waals surface area contributed by atoms with Crippen LogP contribution in [0.1, 0.15) is 48.2 Å². The van der Waals surface area contributed by atoms with Gasteiger partial charge in [-0.1, -0.05) is 54.6 Å². The Morgan fingerprint density at radius 1 is 0.469 bits per heavy atom. The molecule has 5 aromatic carbocycles. The van der Waals surface area contributed by atoms with Gasteiger partial charge < -0.3 is 14.0 Å². The van der Waals surface area contributed by atoms with Gasteiger partial charge in [0.1, 0.15) is 0 Å². The van der Waals surface area contributed by atoms with E-state index in [2.05, 4.69) is 135 Å². The third-order valence-corrected chi connectivity index (χ3v) is 10.9. The molecular formula is C45H38N4. The Labute approximate surface area is 286 Å². The highest BCUT2D eigenvalue weighted by Crippen LogP contribution is 2.41. The summed E-state index contributed by atoms with van der Waals surface area (Å²) in [6.45, 7) is 0. The summed E-state index contributed by atoms with van der Waals surface area (Å²) >= 11 is 0. The molecule has 3 aromatic heterocycles. The first-order chi connectivity index (χ1) is 24.3. The summed E-state index contributed by atoms with van der Waals surface area (Å²) in [5.41, 5.74) is 15.4. The lowest BCUT2D eigenvalue weighted by Gasteiger charge is -2.27. The third kappa shape index (κ3) is 4.54. The molecule has 2 aliphatic rings. The van der Waals surface area contributed by atoms with E-state index in [4.69, 9.17) is 4.98 Å². The molecule has 4 nitrogen and oxygen atoms in total. The molecule has 0 fully saturated rings. The van der Waals surface area contributed by atoms with Crippen LogP contribution in [0, 0.1) is 0 Å². The van der Waals surface area contributed by atoms with E-state index >= 15 is 0 Å². The van der Waals surface area contributed by atoms with Crippen molar-refractivity contribution in [2.45, 2.75) is 51.4 Å². The lowest BCUT2D eigenvalue weighted by Crippen LogP contribution is -2.12. The quantitative estimate of drug-likeness (QED) is 0.188. The first kappa shape index (κ1) is 28.4. The molecule has 0 aliphatic heterocycles. The maximum Gasteiger partial charge on any atom is 0.0942 e. The molecule has 0 amide bonds. The second-order valence-electron chi connectivity index (χ2n) is 13.7. The summed E-state index contributed by atoms with van der Waals surface area (Å²) in [6.07, 6.45) is 11.5. The van der Waals surface area contributed by atoms with E-state index in [1.165, 1.54) is 94.2 Å². The SMILES string of the molecule is c1cnc2c(N(c3ccc(-n4c5c(c6ccccc64)CCCC5)cc3)c3ccc(-n4c5c(c6ccccc64)CCCC5)cc3)cccc2c1. The second kappa shape index (κ2) is 11.5. The summed E-state index contributed by atoms with van der Waals surface area (Å²) in [7, 11) is 0. The van der Waals surface area contributed by atoms with Crippen LogP contribution in [0.25, 0.3) is 44.1 Å². The van der Waals surface area contributed by atoms with Crippen LogP contribution in [0.15, 0.2) is 134 Å². The highest BCUT2D eigenvalue weighted by atomic mass is 15.2. The monoisotopic (exact) mass is 634 g/mol. The van der Waals surface area contributed by atoms with Crippen LogP contribution in [0.5, 0.6) is 0 Å². The largest absolute Gasteiger partial charge is 0.313 e. The van der Waals surface area contributed by atoms with Gasteiger partial charge in [-0.2, -0.15) is 0 Å². The van der Waals surface area contributed by atoms with Crippen LogP contribution in [-0.4, -0.2) is 14.1 Å². The summed E-state index contributed by atoms with van der Waals surface area (Å²) in [6, 6.07) is 46.9.